The lowest BCUT2D eigenvalue weighted by molar-refractivity contribution is 0.690. The molecule has 136 valence electrons. The molecule has 2 nitrogen and oxygen atoms in total. The van der Waals surface area contributed by atoms with E-state index in [-0.39, 0.29) is 0 Å². The van der Waals surface area contributed by atoms with Crippen molar-refractivity contribution in [3.63, 3.8) is 0 Å². The van der Waals surface area contributed by atoms with Gasteiger partial charge >= 0.3 is 0 Å². The molecular formula is C25H26N2. The molecule has 1 aliphatic heterocycles. The van der Waals surface area contributed by atoms with Crippen LogP contribution in [0.2, 0.25) is 0 Å². The van der Waals surface area contributed by atoms with Crippen LogP contribution in [-0.2, 0) is 6.42 Å². The van der Waals surface area contributed by atoms with Crippen LogP contribution < -0.4 is 0 Å². The Morgan fingerprint density at radius 3 is 2.37 bits per heavy atom. The molecule has 2 heteroatoms. The quantitative estimate of drug-likeness (QED) is 0.517. The largest absolute Gasteiger partial charge is 0.280 e. The Labute approximate surface area is 162 Å². The Kier molecular flexibility index (Phi) is 6.39. The lowest BCUT2D eigenvalue weighted by Crippen LogP contribution is -1.94. The number of benzene rings is 2. The fourth-order valence-electron chi connectivity index (χ4n) is 3.30. The first-order chi connectivity index (χ1) is 13.2. The zero-order valence-corrected chi connectivity index (χ0v) is 16.0. The zero-order valence-electron chi connectivity index (χ0n) is 16.0. The van der Waals surface area contributed by atoms with Crippen molar-refractivity contribution in [1.82, 2.24) is 0 Å². The summed E-state index contributed by atoms with van der Waals surface area (Å²) in [5, 5.41) is 8.57. The van der Waals surface area contributed by atoms with E-state index in [9.17, 15) is 0 Å². The second kappa shape index (κ2) is 9.14. The molecule has 27 heavy (non-hydrogen) atoms. The standard InChI is InChI=1S/C25H26N2/c1-19(2)21-12-14-23(15-13-21)25-17-24(18-27-25)22-10-8-20(9-11-22)7-5-3-4-6-16-26/h8-15,17H,1,3-7,18H2,2H3. The second-order valence-corrected chi connectivity index (χ2v) is 7.14. The minimum atomic E-state index is 0.672. The molecule has 0 atom stereocenters. The van der Waals surface area contributed by atoms with Crippen LogP contribution in [0.3, 0.4) is 0 Å². The third-order valence-corrected chi connectivity index (χ3v) is 4.98. The first kappa shape index (κ1) is 18.9. The predicted octanol–water partition coefficient (Wildman–Crippen LogP) is 6.23. The van der Waals surface area contributed by atoms with Crippen molar-refractivity contribution < 1.29 is 0 Å². The van der Waals surface area contributed by atoms with Crippen LogP contribution in [0, 0.1) is 11.3 Å². The number of hydrogen-bond donors (Lipinski definition) is 0. The monoisotopic (exact) mass is 354 g/mol. The van der Waals surface area contributed by atoms with Crippen LogP contribution in [0.4, 0.5) is 0 Å². The highest BCUT2D eigenvalue weighted by Gasteiger charge is 2.12. The fraction of sp³-hybridized carbons (Fsp3) is 0.280. The molecule has 1 heterocycles. The van der Waals surface area contributed by atoms with Crippen molar-refractivity contribution in [2.24, 2.45) is 4.99 Å². The average Bonchev–Trinajstić information content (AvgIpc) is 3.18. The van der Waals surface area contributed by atoms with Gasteiger partial charge < -0.3 is 0 Å². The minimum Gasteiger partial charge on any atom is -0.280 e. The molecule has 0 unspecified atom stereocenters. The highest BCUT2D eigenvalue weighted by Crippen LogP contribution is 2.23. The third kappa shape index (κ3) is 5.05. The summed E-state index contributed by atoms with van der Waals surface area (Å²) in [6.45, 7) is 6.75. The van der Waals surface area contributed by atoms with Gasteiger partial charge in [-0.25, -0.2) is 0 Å². The van der Waals surface area contributed by atoms with E-state index in [1.54, 1.807) is 0 Å². The number of nitriles is 1. The van der Waals surface area contributed by atoms with Crippen LogP contribution in [0.15, 0.2) is 66.2 Å². The topological polar surface area (TPSA) is 36.1 Å². The molecule has 0 N–H and O–H groups in total. The number of aliphatic imine (C=N–C) groups is 1. The van der Waals surface area contributed by atoms with Gasteiger partial charge in [0.2, 0.25) is 0 Å². The van der Waals surface area contributed by atoms with Crippen molar-refractivity contribution in [3.05, 3.63) is 83.4 Å². The van der Waals surface area contributed by atoms with E-state index >= 15 is 0 Å². The highest BCUT2D eigenvalue weighted by molar-refractivity contribution is 6.15. The van der Waals surface area contributed by atoms with E-state index in [2.05, 4.69) is 67.3 Å². The minimum absolute atomic E-state index is 0.672. The van der Waals surface area contributed by atoms with Crippen molar-refractivity contribution in [3.8, 4) is 6.07 Å². The van der Waals surface area contributed by atoms with Gasteiger partial charge in [0.05, 0.1) is 18.3 Å². The molecule has 0 fully saturated rings. The zero-order chi connectivity index (χ0) is 19.1. The maximum Gasteiger partial charge on any atom is 0.0654 e. The van der Waals surface area contributed by atoms with Gasteiger partial charge in [0.25, 0.3) is 0 Å². The first-order valence-electron chi connectivity index (χ1n) is 9.65. The van der Waals surface area contributed by atoms with E-state index in [4.69, 9.17) is 10.3 Å². The van der Waals surface area contributed by atoms with Gasteiger partial charge in [0.1, 0.15) is 0 Å². The van der Waals surface area contributed by atoms with Crippen molar-refractivity contribution in [2.45, 2.75) is 39.0 Å². The third-order valence-electron chi connectivity index (χ3n) is 4.98. The fourth-order valence-corrected chi connectivity index (χ4v) is 3.30. The van der Waals surface area contributed by atoms with E-state index < -0.39 is 0 Å². The van der Waals surface area contributed by atoms with Gasteiger partial charge in [-0.2, -0.15) is 5.26 Å². The Morgan fingerprint density at radius 1 is 1.00 bits per heavy atom. The molecule has 3 rings (SSSR count). The molecule has 2 aromatic carbocycles. The Morgan fingerprint density at radius 2 is 1.70 bits per heavy atom. The molecule has 0 spiro atoms. The summed E-state index contributed by atoms with van der Waals surface area (Å²) in [5.41, 5.74) is 8.35. The summed E-state index contributed by atoms with van der Waals surface area (Å²) in [6.07, 6.45) is 7.24. The van der Waals surface area contributed by atoms with Gasteiger partial charge in [0.15, 0.2) is 0 Å². The van der Waals surface area contributed by atoms with Gasteiger partial charge in [-0.3, -0.25) is 4.99 Å². The molecule has 2 aromatic rings. The molecule has 0 saturated carbocycles. The SMILES string of the molecule is C=C(C)c1ccc(C2=NCC(c3ccc(CCCCCC#N)cc3)=C2)cc1. The Balaban J connectivity index is 1.60. The second-order valence-electron chi connectivity index (χ2n) is 7.14. The van der Waals surface area contributed by atoms with Crippen molar-refractivity contribution in [1.29, 1.82) is 5.26 Å². The number of aryl methyl sites for hydroxylation is 1. The summed E-state index contributed by atoms with van der Waals surface area (Å²) in [7, 11) is 0. The lowest BCUT2D eigenvalue weighted by Gasteiger charge is -2.05. The van der Waals surface area contributed by atoms with Crippen LogP contribution >= 0.6 is 0 Å². The van der Waals surface area contributed by atoms with Gasteiger partial charge in [-0.15, -0.1) is 0 Å². The lowest BCUT2D eigenvalue weighted by atomic mass is 10.00. The molecule has 0 saturated heterocycles. The number of hydrogen-bond acceptors (Lipinski definition) is 2. The summed E-state index contributed by atoms with van der Waals surface area (Å²) >= 11 is 0. The molecule has 0 radical (unpaired) electrons. The number of nitrogens with zero attached hydrogens (tertiary/aromatic N) is 2. The van der Waals surface area contributed by atoms with E-state index in [0.717, 1.165) is 49.1 Å². The van der Waals surface area contributed by atoms with Gasteiger partial charge in [-0.1, -0.05) is 67.1 Å². The van der Waals surface area contributed by atoms with Crippen LogP contribution in [0.1, 0.15) is 54.9 Å². The summed E-state index contributed by atoms with van der Waals surface area (Å²) < 4.78 is 0. The molecule has 0 bridgehead atoms. The summed E-state index contributed by atoms with van der Waals surface area (Å²) in [6, 6.07) is 19.5. The average molecular weight is 354 g/mol. The highest BCUT2D eigenvalue weighted by atomic mass is 14.8. The summed E-state index contributed by atoms with van der Waals surface area (Å²) in [5.74, 6) is 0. The molecule has 1 aliphatic rings. The number of rotatable bonds is 8. The maximum atomic E-state index is 8.57. The Bertz CT molecular complexity index is 891. The van der Waals surface area contributed by atoms with Crippen LogP contribution in [0.5, 0.6) is 0 Å². The van der Waals surface area contributed by atoms with Gasteiger partial charge in [0, 0.05) is 6.42 Å². The molecule has 0 amide bonds. The molecule has 0 aromatic heterocycles. The summed E-state index contributed by atoms with van der Waals surface area (Å²) in [4.78, 5) is 4.71. The van der Waals surface area contributed by atoms with Gasteiger partial charge in [-0.05, 0) is 60.1 Å². The van der Waals surface area contributed by atoms with E-state index in [1.807, 2.05) is 6.92 Å². The number of unbranched alkanes of at least 4 members (excludes halogenated alkanes) is 3. The number of allylic oxidation sites excluding steroid dienone is 2. The predicted molar refractivity (Wildman–Crippen MR) is 115 cm³/mol. The van der Waals surface area contributed by atoms with Crippen molar-refractivity contribution in [2.75, 3.05) is 6.54 Å². The Hall–Kier alpha value is -2.92. The first-order valence-corrected chi connectivity index (χ1v) is 9.65. The normalized spacial score (nSPS) is 13.0. The van der Waals surface area contributed by atoms with Crippen molar-refractivity contribution >= 4 is 16.9 Å². The van der Waals surface area contributed by atoms with E-state index in [1.165, 1.54) is 22.3 Å². The smallest absolute Gasteiger partial charge is 0.0654 e. The van der Waals surface area contributed by atoms with Crippen LogP contribution in [-0.4, -0.2) is 12.3 Å². The van der Waals surface area contributed by atoms with E-state index in [0.29, 0.717) is 6.42 Å². The molecular weight excluding hydrogens is 328 g/mol. The molecule has 0 aliphatic carbocycles. The maximum absolute atomic E-state index is 8.57. The van der Waals surface area contributed by atoms with Crippen LogP contribution in [0.25, 0.3) is 11.1 Å².